The van der Waals surface area contributed by atoms with Crippen LogP contribution in [0.5, 0.6) is 0 Å². The molecule has 1 aliphatic heterocycles. The van der Waals surface area contributed by atoms with Crippen molar-refractivity contribution in [3.63, 3.8) is 0 Å². The maximum atomic E-state index is 9.74. The molecule has 1 aliphatic rings. The lowest BCUT2D eigenvalue weighted by Gasteiger charge is -2.50. The highest BCUT2D eigenvalue weighted by Gasteiger charge is 2.43. The van der Waals surface area contributed by atoms with E-state index in [0.29, 0.717) is 37.0 Å². The third-order valence-corrected chi connectivity index (χ3v) is 6.15. The maximum Gasteiger partial charge on any atom is 0.149 e. The van der Waals surface area contributed by atoms with Gasteiger partial charge in [-0.3, -0.25) is 4.98 Å². The second kappa shape index (κ2) is 7.89. The van der Waals surface area contributed by atoms with Gasteiger partial charge in [0.2, 0.25) is 0 Å². The van der Waals surface area contributed by atoms with Crippen LogP contribution in [0.3, 0.4) is 0 Å². The first-order valence-electron chi connectivity index (χ1n) is 8.83. The number of hydrogen-bond acceptors (Lipinski definition) is 5. The van der Waals surface area contributed by atoms with Crippen molar-refractivity contribution >= 4 is 67.7 Å². The molecule has 2 aromatic heterocycles. The number of hydrogen-bond donors (Lipinski definition) is 0. The van der Waals surface area contributed by atoms with Crippen molar-refractivity contribution in [3.05, 3.63) is 28.7 Å². The van der Waals surface area contributed by atoms with Gasteiger partial charge in [0, 0.05) is 25.6 Å². The lowest BCUT2D eigenvalue weighted by Crippen LogP contribution is -2.54. The van der Waals surface area contributed by atoms with Gasteiger partial charge in [-0.05, 0) is 25.8 Å². The molecule has 0 saturated carbocycles. The number of pyridine rings is 2. The molecule has 138 valence electrons. The van der Waals surface area contributed by atoms with E-state index < -0.39 is 10.7 Å². The largest absolute Gasteiger partial charge is 0.380 e. The number of alkyl halides is 1. The van der Waals surface area contributed by atoms with Crippen LogP contribution in [0.4, 0.5) is 5.69 Å². The fourth-order valence-corrected chi connectivity index (χ4v) is 4.16. The summed E-state index contributed by atoms with van der Waals surface area (Å²) in [6.07, 6.45) is 2.69. The van der Waals surface area contributed by atoms with Gasteiger partial charge < -0.3 is 9.64 Å². The summed E-state index contributed by atoms with van der Waals surface area (Å²) < 4.78 is 5.62. The van der Waals surface area contributed by atoms with Crippen LogP contribution in [-0.4, -0.2) is 59.3 Å². The van der Waals surface area contributed by atoms with Crippen LogP contribution in [0.2, 0.25) is 10.3 Å². The van der Waals surface area contributed by atoms with Gasteiger partial charge in [0.15, 0.2) is 0 Å². The number of halogens is 2. The highest BCUT2D eigenvalue weighted by atomic mass is 79.9. The number of aromatic nitrogens is 2. The Bertz CT molecular complexity index is 937. The van der Waals surface area contributed by atoms with Crippen LogP contribution in [0.15, 0.2) is 12.3 Å². The van der Waals surface area contributed by atoms with Gasteiger partial charge in [-0.25, -0.2) is 4.98 Å². The van der Waals surface area contributed by atoms with Crippen molar-refractivity contribution in [3.8, 4) is 6.07 Å². The van der Waals surface area contributed by atoms with Crippen LogP contribution >= 0.6 is 27.5 Å². The Morgan fingerprint density at radius 1 is 1.39 bits per heavy atom. The Labute approximate surface area is 182 Å². The van der Waals surface area contributed by atoms with E-state index in [2.05, 4.69) is 36.9 Å². The summed E-state index contributed by atoms with van der Waals surface area (Å²) in [4.78, 5) is 10.9. The molecular weight excluding hydrogens is 436 g/mol. The first-order chi connectivity index (χ1) is 13.1. The monoisotopic (exact) mass is 452 g/mol. The molecule has 5 nitrogen and oxygen atoms in total. The molecular formula is C18H17B3BrClN4O. The standard InChI is InChI=1S/C18H17B3BrClN4O/c1-10(22)13-7-11-14(9-25-13)26-16(23)12(8-24)15(11)27-5-3-17(28-2,4-6-27)18(19,20)21/h7,9-10H,3-6H2,1-2H3. The highest BCUT2D eigenvalue weighted by Crippen LogP contribution is 2.43. The van der Waals surface area contributed by atoms with E-state index in [1.54, 1.807) is 13.3 Å². The molecule has 3 rings (SSSR count). The minimum absolute atomic E-state index is 0.0563. The SMILES string of the molecule is [B]C([B])([B])C1(OC)CCN(c2c(C#N)c(Cl)nc3cnc(C(C)Br)cc23)CC1. The Kier molecular flexibility index (Phi) is 6.05. The minimum Gasteiger partial charge on any atom is -0.380 e. The van der Waals surface area contributed by atoms with E-state index in [9.17, 15) is 5.26 Å². The number of rotatable bonds is 4. The zero-order valence-corrected chi connectivity index (χ0v) is 18.1. The Morgan fingerprint density at radius 2 is 2.04 bits per heavy atom. The van der Waals surface area contributed by atoms with Crippen LogP contribution in [0, 0.1) is 11.3 Å². The second-order valence-electron chi connectivity index (χ2n) is 7.10. The molecule has 3 heterocycles. The second-order valence-corrected chi connectivity index (χ2v) is 8.83. The molecule has 0 bridgehead atoms. The van der Waals surface area contributed by atoms with Crippen LogP contribution < -0.4 is 4.90 Å². The maximum absolute atomic E-state index is 9.74. The lowest BCUT2D eigenvalue weighted by molar-refractivity contribution is -0.0286. The van der Waals surface area contributed by atoms with Crippen molar-refractivity contribution in [2.45, 2.75) is 35.3 Å². The molecule has 0 spiro atoms. The molecule has 2 aromatic rings. The molecule has 10 heteroatoms. The molecule has 1 fully saturated rings. The van der Waals surface area contributed by atoms with Gasteiger partial charge in [0.1, 0.15) is 16.8 Å². The Hall–Kier alpha value is -1.23. The van der Waals surface area contributed by atoms with Crippen LogP contribution in [0.1, 0.15) is 35.8 Å². The first kappa shape index (κ1) is 21.5. The molecule has 1 atom stereocenters. The van der Waals surface area contributed by atoms with Gasteiger partial charge in [-0.2, -0.15) is 5.26 Å². The van der Waals surface area contributed by atoms with Gasteiger partial charge in [-0.15, -0.1) is 5.11 Å². The molecule has 0 aliphatic carbocycles. The van der Waals surface area contributed by atoms with Crippen molar-refractivity contribution in [2.24, 2.45) is 0 Å². The molecule has 6 radical (unpaired) electrons. The molecule has 1 saturated heterocycles. The fraction of sp³-hybridized carbons (Fsp3) is 0.500. The summed E-state index contributed by atoms with van der Waals surface area (Å²) in [5.74, 6) is 0. The Morgan fingerprint density at radius 3 is 2.54 bits per heavy atom. The summed E-state index contributed by atoms with van der Waals surface area (Å²) >= 11 is 9.84. The summed E-state index contributed by atoms with van der Waals surface area (Å²) in [5.41, 5.74) is 1.69. The number of fused-ring (bicyclic) bond motifs is 1. The van der Waals surface area contributed by atoms with E-state index in [0.717, 1.165) is 16.8 Å². The van der Waals surface area contributed by atoms with Gasteiger partial charge in [0.25, 0.3) is 0 Å². The van der Waals surface area contributed by atoms with Crippen molar-refractivity contribution in [1.29, 1.82) is 5.26 Å². The summed E-state index contributed by atoms with van der Waals surface area (Å²) in [7, 11) is 19.5. The zero-order chi connectivity index (χ0) is 20.7. The molecule has 28 heavy (non-hydrogen) atoms. The third kappa shape index (κ3) is 3.67. The molecule has 0 N–H and O–H groups in total. The number of methoxy groups -OCH3 is 1. The van der Waals surface area contributed by atoms with Crippen LogP contribution in [0.25, 0.3) is 10.9 Å². The van der Waals surface area contributed by atoms with E-state index in [-0.39, 0.29) is 9.98 Å². The predicted octanol–water partition coefficient (Wildman–Crippen LogP) is 3.18. The van der Waals surface area contributed by atoms with Crippen molar-refractivity contribution < 1.29 is 4.74 Å². The summed E-state index contributed by atoms with van der Waals surface area (Å²) in [6.45, 7) is 3.08. The minimum atomic E-state index is -1.47. The molecule has 0 aromatic carbocycles. The number of ether oxygens (including phenoxy) is 1. The zero-order valence-electron chi connectivity index (χ0n) is 15.7. The van der Waals surface area contributed by atoms with Crippen LogP contribution in [-0.2, 0) is 4.74 Å². The van der Waals surface area contributed by atoms with E-state index in [4.69, 9.17) is 39.9 Å². The van der Waals surface area contributed by atoms with Gasteiger partial charge in [0.05, 0.1) is 57.1 Å². The average molecular weight is 453 g/mol. The number of nitriles is 1. The van der Waals surface area contributed by atoms with E-state index in [1.807, 2.05) is 13.0 Å². The van der Waals surface area contributed by atoms with Crippen molar-refractivity contribution in [2.75, 3.05) is 25.1 Å². The number of nitrogens with zero attached hydrogens (tertiary/aromatic N) is 4. The molecule has 1 unspecified atom stereocenters. The van der Waals surface area contributed by atoms with E-state index in [1.165, 1.54) is 0 Å². The smallest absolute Gasteiger partial charge is 0.149 e. The van der Waals surface area contributed by atoms with Gasteiger partial charge in [-0.1, -0.05) is 27.5 Å². The predicted molar refractivity (Wildman–Crippen MR) is 118 cm³/mol. The topological polar surface area (TPSA) is 62.0 Å². The first-order valence-corrected chi connectivity index (χ1v) is 10.1. The number of piperidine rings is 1. The highest BCUT2D eigenvalue weighted by molar-refractivity contribution is 9.09. The summed E-state index contributed by atoms with van der Waals surface area (Å²) in [6, 6.07) is 4.13. The Balaban J connectivity index is 2.10. The fourth-order valence-electron chi connectivity index (χ4n) is 3.69. The number of anilines is 1. The van der Waals surface area contributed by atoms with E-state index >= 15 is 0 Å². The quantitative estimate of drug-likeness (QED) is 0.405. The van der Waals surface area contributed by atoms with Crippen molar-refractivity contribution in [1.82, 2.24) is 9.97 Å². The third-order valence-electron chi connectivity index (χ3n) is 5.41. The normalized spacial score (nSPS) is 18.0. The summed E-state index contributed by atoms with van der Waals surface area (Å²) in [5, 5.41) is 9.24. The van der Waals surface area contributed by atoms with Gasteiger partial charge >= 0.3 is 0 Å². The lowest BCUT2D eigenvalue weighted by atomic mass is 9.35. The average Bonchev–Trinajstić information content (AvgIpc) is 2.65. The molecule has 0 amide bonds.